The number of aromatic amines is 1. The Labute approximate surface area is 456 Å². The lowest BCUT2D eigenvalue weighted by Gasteiger charge is -2.15. The van der Waals surface area contributed by atoms with E-state index in [0.717, 1.165) is 41.7 Å². The Hall–Kier alpha value is -5.30. The van der Waals surface area contributed by atoms with Gasteiger partial charge in [-0.3, -0.25) is 14.5 Å². The number of halogens is 17. The predicted molar refractivity (Wildman–Crippen MR) is 275 cm³/mol. The number of aryl methyl sites for hydroxylation is 2. The minimum absolute atomic E-state index is 0.282. The zero-order valence-electron chi connectivity index (χ0n) is 40.3. The predicted octanol–water partition coefficient (Wildman–Crippen LogP) is 17.7. The minimum Gasteiger partial charge on any atom is -0.360 e. The van der Waals surface area contributed by atoms with Crippen molar-refractivity contribution >= 4 is 70.4 Å². The molecule has 0 bridgehead atoms. The van der Waals surface area contributed by atoms with E-state index in [1.54, 1.807) is 38.6 Å². The monoisotopic (exact) mass is 1230 g/mol. The molecule has 0 aliphatic carbocycles. The van der Waals surface area contributed by atoms with E-state index in [4.69, 9.17) is 51.1 Å². The van der Waals surface area contributed by atoms with Gasteiger partial charge in [-0.05, 0) is 90.3 Å². The van der Waals surface area contributed by atoms with Gasteiger partial charge in [-0.15, -0.1) is 0 Å². The highest BCUT2D eigenvalue weighted by molar-refractivity contribution is 9.10. The van der Waals surface area contributed by atoms with Crippen LogP contribution in [0.25, 0.3) is 33.4 Å². The van der Waals surface area contributed by atoms with E-state index in [-0.39, 0.29) is 26.8 Å². The third-order valence-corrected chi connectivity index (χ3v) is 14.0. The molecule has 4 aromatic carbocycles. The van der Waals surface area contributed by atoms with Gasteiger partial charge in [0.2, 0.25) is 0 Å². The summed E-state index contributed by atoms with van der Waals surface area (Å²) in [6, 6.07) is 18.0. The number of ether oxygens (including phenoxy) is 1. The molecule has 0 fully saturated rings. The van der Waals surface area contributed by atoms with Crippen molar-refractivity contribution in [2.75, 3.05) is 6.61 Å². The fraction of sp³-hybridized carbons (Fsp3) is 0.265. The van der Waals surface area contributed by atoms with Gasteiger partial charge in [0.05, 0.1) is 78.9 Å². The fourth-order valence-corrected chi connectivity index (χ4v) is 8.60. The topological polar surface area (TPSA) is 91.4 Å². The summed E-state index contributed by atoms with van der Waals surface area (Å²) in [5, 5.41) is 17.6. The van der Waals surface area contributed by atoms with Gasteiger partial charge < -0.3 is 4.74 Å². The fourth-order valence-electron chi connectivity index (χ4n) is 6.59. The molecule has 0 aliphatic rings. The Morgan fingerprint density at radius 3 is 1.38 bits per heavy atom. The standard InChI is InChI=1S/C16H14ClF3N4.C16H20ClF3N2OSi.C10H6ClF3N2.C7H3BrClF3/c1-10-5-13(23(2)22-10)9-24-8-12(7-21-24)11-3-4-15(17)14(6-11)16(18,19)20;1-24(2,3)7-6-23-11-22-10-13(9-21-22)12-4-5-15(17)14(8-12)16(18,19)20;11-9-2-1-6(7-4-15-16-5-7)3-8(9)10(12,13)14;8-4-1-2-6(9)5(3-4)7(10,11)12/h3-8H,9H2,1-2H3;4-5,8-10H,6-7,11H2,1-3H3;1-5H,(H,15,16);1-3H. The Bertz CT molecular complexity index is 3190. The Morgan fingerprint density at radius 2 is 0.987 bits per heavy atom. The molecule has 408 valence electrons. The number of hydrogen-bond acceptors (Lipinski definition) is 5. The van der Waals surface area contributed by atoms with Crippen LogP contribution in [0, 0.1) is 6.92 Å². The lowest BCUT2D eigenvalue weighted by atomic mass is 10.1. The van der Waals surface area contributed by atoms with Gasteiger partial charge >= 0.3 is 24.7 Å². The summed E-state index contributed by atoms with van der Waals surface area (Å²) >= 11 is 25.1. The summed E-state index contributed by atoms with van der Waals surface area (Å²) in [6.45, 7) is 10.1. The number of aromatic nitrogens is 8. The molecular formula is C49H43BrCl4F12N8OSi. The van der Waals surface area contributed by atoms with Gasteiger partial charge in [-0.2, -0.15) is 73.1 Å². The number of hydrogen-bond donors (Lipinski definition) is 1. The maximum absolute atomic E-state index is 13.0. The molecular weight excluding hydrogens is 1190 g/mol. The number of benzene rings is 4. The number of rotatable bonds is 10. The van der Waals surface area contributed by atoms with E-state index in [1.807, 2.05) is 20.0 Å². The third-order valence-electron chi connectivity index (χ3n) is 10.5. The molecule has 1 N–H and O–H groups in total. The molecule has 0 spiro atoms. The number of alkyl halides is 12. The first-order chi connectivity index (χ1) is 35.2. The van der Waals surface area contributed by atoms with Crippen molar-refractivity contribution in [1.82, 2.24) is 39.5 Å². The SMILES string of the molecule is C[Si](C)(C)CCOCn1cc(-c2ccc(Cl)c(C(F)(F)F)c2)cn1.Cc1cc(Cn2cc(-c3ccc(Cl)c(C(F)(F)F)c3)cn2)n(C)n1.FC(F)(F)c1cc(-c2cn[nH]c2)ccc1Cl.FC(F)(F)c1cc(Br)ccc1Cl. The van der Waals surface area contributed by atoms with E-state index in [1.165, 1.54) is 61.2 Å². The molecule has 0 aliphatic heterocycles. The highest BCUT2D eigenvalue weighted by atomic mass is 79.9. The van der Waals surface area contributed by atoms with Crippen LogP contribution < -0.4 is 0 Å². The van der Waals surface area contributed by atoms with E-state index in [9.17, 15) is 52.7 Å². The van der Waals surface area contributed by atoms with Crippen LogP contribution in [0.15, 0.2) is 121 Å². The third kappa shape index (κ3) is 18.2. The zero-order chi connectivity index (χ0) is 56.6. The van der Waals surface area contributed by atoms with Crippen LogP contribution in [-0.2, 0) is 49.8 Å². The summed E-state index contributed by atoms with van der Waals surface area (Å²) < 4.78 is 163. The molecule has 9 nitrogen and oxygen atoms in total. The Kier molecular flexibility index (Phi) is 20.6. The van der Waals surface area contributed by atoms with Gasteiger partial charge in [0.15, 0.2) is 0 Å². The van der Waals surface area contributed by atoms with Crippen molar-refractivity contribution in [1.29, 1.82) is 0 Å². The molecule has 27 heteroatoms. The van der Waals surface area contributed by atoms with E-state index < -0.39 is 55.0 Å². The normalized spacial score (nSPS) is 12.1. The maximum Gasteiger partial charge on any atom is 0.417 e. The van der Waals surface area contributed by atoms with Crippen molar-refractivity contribution in [3.05, 3.63) is 174 Å². The average Bonchev–Trinajstić information content (AvgIpc) is 4.15. The first kappa shape index (κ1) is 61.5. The summed E-state index contributed by atoms with van der Waals surface area (Å²) in [5.74, 6) is 0. The summed E-state index contributed by atoms with van der Waals surface area (Å²) in [5.41, 5.74) is 1.51. The van der Waals surface area contributed by atoms with Crippen molar-refractivity contribution in [3.63, 3.8) is 0 Å². The van der Waals surface area contributed by atoms with Crippen LogP contribution in [0.5, 0.6) is 0 Å². The second-order valence-electron chi connectivity index (χ2n) is 17.6. The second kappa shape index (κ2) is 25.4. The summed E-state index contributed by atoms with van der Waals surface area (Å²) in [7, 11) is 0.689. The van der Waals surface area contributed by atoms with Crippen LogP contribution in [-0.4, -0.2) is 54.2 Å². The van der Waals surface area contributed by atoms with Gasteiger partial charge in [-0.25, -0.2) is 4.68 Å². The molecule has 0 amide bonds. The highest BCUT2D eigenvalue weighted by Crippen LogP contribution is 2.40. The molecule has 4 aromatic heterocycles. The van der Waals surface area contributed by atoms with Crippen molar-refractivity contribution in [2.45, 2.75) is 70.6 Å². The first-order valence-electron chi connectivity index (χ1n) is 21.9. The molecule has 8 aromatic rings. The van der Waals surface area contributed by atoms with Crippen LogP contribution in [0.3, 0.4) is 0 Å². The van der Waals surface area contributed by atoms with E-state index >= 15 is 0 Å². The second-order valence-corrected chi connectivity index (χ2v) is 25.8. The van der Waals surface area contributed by atoms with Gasteiger partial charge in [0.25, 0.3) is 0 Å². The van der Waals surface area contributed by atoms with Crippen LogP contribution >= 0.6 is 62.3 Å². The van der Waals surface area contributed by atoms with E-state index in [2.05, 4.69) is 61.1 Å². The quantitative estimate of drug-likeness (QED) is 0.0837. The van der Waals surface area contributed by atoms with Gasteiger partial charge in [0, 0.05) is 61.5 Å². The molecule has 0 radical (unpaired) electrons. The van der Waals surface area contributed by atoms with Crippen LogP contribution in [0.1, 0.15) is 33.6 Å². The summed E-state index contributed by atoms with van der Waals surface area (Å²) in [4.78, 5) is 0. The number of nitrogens with one attached hydrogen (secondary N) is 1. The highest BCUT2D eigenvalue weighted by Gasteiger charge is 2.36. The van der Waals surface area contributed by atoms with Crippen LogP contribution in [0.2, 0.25) is 45.8 Å². The van der Waals surface area contributed by atoms with Crippen molar-refractivity contribution in [3.8, 4) is 33.4 Å². The van der Waals surface area contributed by atoms with Crippen LogP contribution in [0.4, 0.5) is 52.7 Å². The lowest BCUT2D eigenvalue weighted by Crippen LogP contribution is -2.22. The molecule has 0 atom stereocenters. The van der Waals surface area contributed by atoms with Crippen molar-refractivity contribution < 1.29 is 57.4 Å². The smallest absolute Gasteiger partial charge is 0.360 e. The van der Waals surface area contributed by atoms with E-state index in [0.29, 0.717) is 51.0 Å². The largest absolute Gasteiger partial charge is 0.417 e. The maximum atomic E-state index is 13.0. The van der Waals surface area contributed by atoms with Gasteiger partial charge in [-0.1, -0.05) is 100 Å². The molecule has 0 unspecified atom stereocenters. The average molecular weight is 1240 g/mol. The first-order valence-corrected chi connectivity index (χ1v) is 28.0. The summed E-state index contributed by atoms with van der Waals surface area (Å²) in [6.07, 6.45) is -8.43. The number of H-pyrrole nitrogens is 1. The van der Waals surface area contributed by atoms with Crippen molar-refractivity contribution in [2.24, 2.45) is 7.05 Å². The Balaban J connectivity index is 0.000000194. The zero-order valence-corrected chi connectivity index (χ0v) is 45.9. The number of nitrogens with zero attached hydrogens (tertiary/aromatic N) is 7. The molecule has 0 saturated heterocycles. The molecule has 4 heterocycles. The molecule has 8 rings (SSSR count). The lowest BCUT2D eigenvalue weighted by molar-refractivity contribution is -0.138. The Morgan fingerprint density at radius 1 is 0.566 bits per heavy atom. The minimum atomic E-state index is -4.49. The molecule has 0 saturated carbocycles. The molecule has 76 heavy (non-hydrogen) atoms. The van der Waals surface area contributed by atoms with Gasteiger partial charge in [0.1, 0.15) is 6.73 Å².